The van der Waals surface area contributed by atoms with Gasteiger partial charge >= 0.3 is 0 Å². The predicted molar refractivity (Wildman–Crippen MR) is 79.3 cm³/mol. The van der Waals surface area contributed by atoms with Gasteiger partial charge in [-0.25, -0.2) is 0 Å². The third kappa shape index (κ3) is 3.78. The quantitative estimate of drug-likeness (QED) is 0.850. The largest absolute Gasteiger partial charge is 0.383 e. The molecule has 0 radical (unpaired) electrons. The lowest BCUT2D eigenvalue weighted by molar-refractivity contribution is 0.124. The monoisotopic (exact) mass is 262 g/mol. The zero-order chi connectivity index (χ0) is 13.7. The van der Waals surface area contributed by atoms with E-state index in [4.69, 9.17) is 4.74 Å². The minimum atomic E-state index is 0.549. The molecule has 0 atom stereocenters. The van der Waals surface area contributed by atoms with Gasteiger partial charge in [-0.15, -0.1) is 0 Å². The van der Waals surface area contributed by atoms with Gasteiger partial charge in [0.2, 0.25) is 0 Å². The Kier molecular flexibility index (Phi) is 5.37. The molecule has 1 aliphatic heterocycles. The maximum Gasteiger partial charge on any atom is 0.0589 e. The second kappa shape index (κ2) is 7.04. The van der Waals surface area contributed by atoms with E-state index in [9.17, 15) is 0 Å². The van der Waals surface area contributed by atoms with Crippen molar-refractivity contribution in [2.45, 2.75) is 39.4 Å². The number of hydrogen-bond acceptors (Lipinski definition) is 3. The van der Waals surface area contributed by atoms with Gasteiger partial charge in [-0.2, -0.15) is 0 Å². The van der Waals surface area contributed by atoms with E-state index < -0.39 is 0 Å². The van der Waals surface area contributed by atoms with E-state index in [1.165, 1.54) is 11.1 Å². The molecule has 0 fully saturated rings. The zero-order valence-electron chi connectivity index (χ0n) is 12.4. The summed E-state index contributed by atoms with van der Waals surface area (Å²) in [5.41, 5.74) is 4.52. The number of hydrogen-bond donors (Lipinski definition) is 1. The van der Waals surface area contributed by atoms with Crippen molar-refractivity contribution in [2.75, 3.05) is 26.8 Å². The molecule has 0 aliphatic carbocycles. The van der Waals surface area contributed by atoms with Crippen molar-refractivity contribution in [1.29, 1.82) is 0 Å². The SMILES string of the molecule is COCCN(Cc1cccc2c1CCNC2)C(C)C. The molecule has 19 heavy (non-hydrogen) atoms. The summed E-state index contributed by atoms with van der Waals surface area (Å²) < 4.78 is 5.22. The molecule has 0 bridgehead atoms. The van der Waals surface area contributed by atoms with Crippen LogP contribution in [-0.2, 0) is 24.2 Å². The number of nitrogens with one attached hydrogen (secondary N) is 1. The van der Waals surface area contributed by atoms with Crippen molar-refractivity contribution in [3.05, 3.63) is 34.9 Å². The van der Waals surface area contributed by atoms with E-state index >= 15 is 0 Å². The van der Waals surface area contributed by atoms with Crippen LogP contribution >= 0.6 is 0 Å². The standard InChI is InChI=1S/C16H26N2O/c1-13(2)18(9-10-19-3)12-15-6-4-5-14-11-17-8-7-16(14)15/h4-6,13,17H,7-12H2,1-3H3. The molecule has 0 aromatic heterocycles. The molecule has 1 N–H and O–H groups in total. The highest BCUT2D eigenvalue weighted by Crippen LogP contribution is 2.20. The van der Waals surface area contributed by atoms with E-state index in [2.05, 4.69) is 42.3 Å². The van der Waals surface area contributed by atoms with Crippen LogP contribution in [0.15, 0.2) is 18.2 Å². The Labute approximate surface area is 116 Å². The van der Waals surface area contributed by atoms with Crippen LogP contribution in [0.1, 0.15) is 30.5 Å². The molecule has 0 amide bonds. The Morgan fingerprint density at radius 1 is 1.37 bits per heavy atom. The van der Waals surface area contributed by atoms with E-state index in [-0.39, 0.29) is 0 Å². The van der Waals surface area contributed by atoms with E-state index in [0.29, 0.717) is 6.04 Å². The molecule has 1 aromatic carbocycles. The van der Waals surface area contributed by atoms with Crippen molar-refractivity contribution in [3.63, 3.8) is 0 Å². The van der Waals surface area contributed by atoms with Gasteiger partial charge in [0.15, 0.2) is 0 Å². The van der Waals surface area contributed by atoms with Crippen LogP contribution in [0.3, 0.4) is 0 Å². The molecule has 3 heteroatoms. The molecular weight excluding hydrogens is 236 g/mol. The van der Waals surface area contributed by atoms with Gasteiger partial charge in [-0.05, 0) is 43.5 Å². The van der Waals surface area contributed by atoms with Gasteiger partial charge in [0.25, 0.3) is 0 Å². The van der Waals surface area contributed by atoms with Crippen molar-refractivity contribution in [2.24, 2.45) is 0 Å². The fraction of sp³-hybridized carbons (Fsp3) is 0.625. The summed E-state index contributed by atoms with van der Waals surface area (Å²) in [6.45, 7) is 9.46. The average Bonchev–Trinajstić information content (AvgIpc) is 2.43. The molecule has 1 heterocycles. The summed E-state index contributed by atoms with van der Waals surface area (Å²) in [6, 6.07) is 7.27. The molecule has 0 spiro atoms. The summed E-state index contributed by atoms with van der Waals surface area (Å²) in [7, 11) is 1.77. The molecule has 1 aromatic rings. The number of nitrogens with zero attached hydrogens (tertiary/aromatic N) is 1. The van der Waals surface area contributed by atoms with Crippen LogP contribution in [0.4, 0.5) is 0 Å². The Bertz CT molecular complexity index is 404. The Morgan fingerprint density at radius 3 is 2.95 bits per heavy atom. The molecular formula is C16H26N2O. The molecule has 0 saturated heterocycles. The molecule has 0 saturated carbocycles. The number of fused-ring (bicyclic) bond motifs is 1. The highest BCUT2D eigenvalue weighted by Gasteiger charge is 2.16. The third-order valence-electron chi connectivity index (χ3n) is 3.92. The Morgan fingerprint density at radius 2 is 2.21 bits per heavy atom. The summed E-state index contributed by atoms with van der Waals surface area (Å²) in [5.74, 6) is 0. The summed E-state index contributed by atoms with van der Waals surface area (Å²) in [6.07, 6.45) is 1.15. The van der Waals surface area contributed by atoms with Gasteiger partial charge in [0, 0.05) is 32.8 Å². The van der Waals surface area contributed by atoms with E-state index in [0.717, 1.165) is 39.2 Å². The van der Waals surface area contributed by atoms with Crippen LogP contribution in [0.2, 0.25) is 0 Å². The van der Waals surface area contributed by atoms with Crippen molar-refractivity contribution < 1.29 is 4.74 Å². The second-order valence-corrected chi connectivity index (χ2v) is 5.54. The lowest BCUT2D eigenvalue weighted by atomic mass is 9.95. The van der Waals surface area contributed by atoms with Gasteiger partial charge in [0.05, 0.1) is 6.61 Å². The average molecular weight is 262 g/mol. The number of benzene rings is 1. The number of rotatable bonds is 6. The van der Waals surface area contributed by atoms with Crippen LogP contribution in [0, 0.1) is 0 Å². The Hall–Kier alpha value is -0.900. The van der Waals surface area contributed by atoms with E-state index in [1.807, 2.05) is 0 Å². The minimum Gasteiger partial charge on any atom is -0.383 e. The molecule has 2 rings (SSSR count). The third-order valence-corrected chi connectivity index (χ3v) is 3.92. The topological polar surface area (TPSA) is 24.5 Å². The fourth-order valence-electron chi connectivity index (χ4n) is 2.71. The van der Waals surface area contributed by atoms with Crippen LogP contribution < -0.4 is 5.32 Å². The van der Waals surface area contributed by atoms with Gasteiger partial charge in [-0.3, -0.25) is 4.90 Å². The maximum absolute atomic E-state index is 5.22. The number of ether oxygens (including phenoxy) is 1. The van der Waals surface area contributed by atoms with Crippen molar-refractivity contribution in [3.8, 4) is 0 Å². The first-order chi connectivity index (χ1) is 9.22. The van der Waals surface area contributed by atoms with Gasteiger partial charge in [0.1, 0.15) is 0 Å². The fourth-order valence-corrected chi connectivity index (χ4v) is 2.71. The van der Waals surface area contributed by atoms with Crippen LogP contribution in [0.5, 0.6) is 0 Å². The van der Waals surface area contributed by atoms with Crippen molar-refractivity contribution in [1.82, 2.24) is 10.2 Å². The first-order valence-corrected chi connectivity index (χ1v) is 7.25. The maximum atomic E-state index is 5.22. The summed E-state index contributed by atoms with van der Waals surface area (Å²) in [5, 5.41) is 3.44. The van der Waals surface area contributed by atoms with Gasteiger partial charge in [-0.1, -0.05) is 18.2 Å². The molecule has 3 nitrogen and oxygen atoms in total. The van der Waals surface area contributed by atoms with Gasteiger partial charge < -0.3 is 10.1 Å². The molecule has 1 aliphatic rings. The predicted octanol–water partition coefficient (Wildman–Crippen LogP) is 2.19. The first-order valence-electron chi connectivity index (χ1n) is 7.25. The normalized spacial score (nSPS) is 15.0. The Balaban J connectivity index is 2.12. The highest BCUT2D eigenvalue weighted by atomic mass is 16.5. The lowest BCUT2D eigenvalue weighted by Gasteiger charge is -2.29. The van der Waals surface area contributed by atoms with Crippen LogP contribution in [-0.4, -0.2) is 37.7 Å². The molecule has 0 unspecified atom stereocenters. The lowest BCUT2D eigenvalue weighted by Crippen LogP contribution is -2.34. The summed E-state index contributed by atoms with van der Waals surface area (Å²) >= 11 is 0. The number of methoxy groups -OCH3 is 1. The van der Waals surface area contributed by atoms with E-state index in [1.54, 1.807) is 12.7 Å². The highest BCUT2D eigenvalue weighted by molar-refractivity contribution is 5.37. The zero-order valence-corrected chi connectivity index (χ0v) is 12.4. The van der Waals surface area contributed by atoms with Crippen LogP contribution in [0.25, 0.3) is 0 Å². The first kappa shape index (κ1) is 14.5. The smallest absolute Gasteiger partial charge is 0.0589 e. The molecule has 106 valence electrons. The summed E-state index contributed by atoms with van der Waals surface area (Å²) in [4.78, 5) is 2.49. The van der Waals surface area contributed by atoms with Crippen molar-refractivity contribution >= 4 is 0 Å². The minimum absolute atomic E-state index is 0.549. The second-order valence-electron chi connectivity index (χ2n) is 5.54.